The van der Waals surface area contributed by atoms with E-state index in [1.165, 1.54) is 6.42 Å². The second-order valence-corrected chi connectivity index (χ2v) is 2.58. The third kappa shape index (κ3) is 2.19. The number of rotatable bonds is 2. The fourth-order valence-corrected chi connectivity index (χ4v) is 1.11. The fraction of sp³-hybridized carbons (Fsp3) is 0.556. The van der Waals surface area contributed by atoms with Crippen molar-refractivity contribution >= 4 is 0 Å². The monoisotopic (exact) mass is 150 g/mol. The van der Waals surface area contributed by atoms with Crippen molar-refractivity contribution in [3.8, 4) is 12.0 Å². The first-order chi connectivity index (χ1) is 5.36. The van der Waals surface area contributed by atoms with E-state index in [9.17, 15) is 0 Å². The lowest BCUT2D eigenvalue weighted by molar-refractivity contribution is 0.323. The Hall–Kier alpha value is -1.10. The number of nitrogens with zero attached hydrogens (tertiary/aromatic N) is 2. The topological polar surface area (TPSA) is 6.48 Å². The Morgan fingerprint density at radius 2 is 2.27 bits per heavy atom. The highest BCUT2D eigenvalue weighted by atomic mass is 15.3. The standard InChI is InChI=1S/C9H14N2/c1-3-5-10-7-8-11(9-10)6-4-2/h7-8H,3,5,9H2,1-2H3. The Kier molecular flexibility index (Phi) is 2.85. The van der Waals surface area contributed by atoms with E-state index in [0.717, 1.165) is 13.2 Å². The molecule has 60 valence electrons. The lowest BCUT2D eigenvalue weighted by Crippen LogP contribution is -2.22. The summed E-state index contributed by atoms with van der Waals surface area (Å²) in [5.74, 6) is 2.87. The van der Waals surface area contributed by atoms with Gasteiger partial charge >= 0.3 is 0 Å². The van der Waals surface area contributed by atoms with Gasteiger partial charge in [-0.05, 0) is 13.3 Å². The van der Waals surface area contributed by atoms with Crippen LogP contribution in [0.3, 0.4) is 0 Å². The highest BCUT2D eigenvalue weighted by Gasteiger charge is 2.07. The summed E-state index contributed by atoms with van der Waals surface area (Å²) in [4.78, 5) is 4.25. The van der Waals surface area contributed by atoms with Gasteiger partial charge in [0, 0.05) is 25.0 Å². The maximum absolute atomic E-state index is 2.99. The van der Waals surface area contributed by atoms with Crippen molar-refractivity contribution in [2.24, 2.45) is 0 Å². The molecule has 0 fully saturated rings. The molecule has 0 aromatic rings. The van der Waals surface area contributed by atoms with Gasteiger partial charge in [-0.15, -0.1) is 0 Å². The van der Waals surface area contributed by atoms with Gasteiger partial charge in [-0.3, -0.25) is 4.90 Å². The summed E-state index contributed by atoms with van der Waals surface area (Å²) in [6.07, 6.45) is 5.30. The molecule has 1 aliphatic heterocycles. The van der Waals surface area contributed by atoms with E-state index in [1.807, 2.05) is 18.0 Å². The third-order valence-electron chi connectivity index (χ3n) is 1.56. The normalized spacial score (nSPS) is 15.1. The van der Waals surface area contributed by atoms with E-state index < -0.39 is 0 Å². The maximum atomic E-state index is 2.99. The minimum atomic E-state index is 0.925. The maximum Gasteiger partial charge on any atom is 0.102 e. The van der Waals surface area contributed by atoms with E-state index >= 15 is 0 Å². The summed E-state index contributed by atoms with van der Waals surface area (Å²) in [5.41, 5.74) is 0. The van der Waals surface area contributed by atoms with E-state index in [1.54, 1.807) is 0 Å². The molecule has 1 rings (SSSR count). The van der Waals surface area contributed by atoms with E-state index in [0.29, 0.717) is 0 Å². The molecule has 1 aliphatic rings. The zero-order chi connectivity index (χ0) is 8.10. The van der Waals surface area contributed by atoms with Crippen LogP contribution in [-0.2, 0) is 0 Å². The molecule has 2 heteroatoms. The lowest BCUT2D eigenvalue weighted by Gasteiger charge is -2.15. The largest absolute Gasteiger partial charge is 0.358 e. The van der Waals surface area contributed by atoms with Gasteiger partial charge < -0.3 is 4.90 Å². The molecule has 0 N–H and O–H groups in total. The molecule has 0 aliphatic carbocycles. The first kappa shape index (κ1) is 8.00. The highest BCUT2D eigenvalue weighted by Crippen LogP contribution is 2.04. The van der Waals surface area contributed by atoms with Crippen LogP contribution >= 0.6 is 0 Å². The molecule has 0 saturated heterocycles. The van der Waals surface area contributed by atoms with Gasteiger partial charge in [0.2, 0.25) is 0 Å². The van der Waals surface area contributed by atoms with Gasteiger partial charge in [0.15, 0.2) is 0 Å². The van der Waals surface area contributed by atoms with Gasteiger partial charge in [0.1, 0.15) is 6.67 Å². The molecular weight excluding hydrogens is 136 g/mol. The lowest BCUT2D eigenvalue weighted by atomic mass is 10.4. The number of hydrogen-bond donors (Lipinski definition) is 0. The SMILES string of the molecule is CC#CN1C=CN(CCC)C1. The molecular formula is C9H14N2. The summed E-state index contributed by atoms with van der Waals surface area (Å²) < 4.78 is 0. The first-order valence-corrected chi connectivity index (χ1v) is 3.98. The molecule has 11 heavy (non-hydrogen) atoms. The zero-order valence-electron chi connectivity index (χ0n) is 7.17. The second-order valence-electron chi connectivity index (χ2n) is 2.58. The predicted molar refractivity (Wildman–Crippen MR) is 46.3 cm³/mol. The van der Waals surface area contributed by atoms with Crippen molar-refractivity contribution in [1.29, 1.82) is 0 Å². The smallest absolute Gasteiger partial charge is 0.102 e. The molecule has 0 radical (unpaired) electrons. The molecule has 0 aromatic heterocycles. The van der Waals surface area contributed by atoms with Gasteiger partial charge in [-0.1, -0.05) is 12.8 Å². The Bertz CT molecular complexity index is 197. The first-order valence-electron chi connectivity index (χ1n) is 3.98. The quantitative estimate of drug-likeness (QED) is 0.549. The van der Waals surface area contributed by atoms with Crippen molar-refractivity contribution in [2.45, 2.75) is 20.3 Å². The van der Waals surface area contributed by atoms with Gasteiger partial charge in [0.05, 0.1) is 0 Å². The molecule has 0 atom stereocenters. The minimum Gasteiger partial charge on any atom is -0.358 e. The summed E-state index contributed by atoms with van der Waals surface area (Å²) in [5, 5.41) is 0. The van der Waals surface area contributed by atoms with Crippen LogP contribution in [0, 0.1) is 12.0 Å². The Morgan fingerprint density at radius 1 is 1.45 bits per heavy atom. The van der Waals surface area contributed by atoms with Crippen LogP contribution in [0.15, 0.2) is 12.4 Å². The summed E-state index contributed by atoms with van der Waals surface area (Å²) in [7, 11) is 0. The average Bonchev–Trinajstić information content (AvgIpc) is 2.38. The Labute approximate surface area is 68.5 Å². The molecule has 1 heterocycles. The third-order valence-corrected chi connectivity index (χ3v) is 1.56. The fourth-order valence-electron chi connectivity index (χ4n) is 1.11. The van der Waals surface area contributed by atoms with Crippen LogP contribution in [0.2, 0.25) is 0 Å². The van der Waals surface area contributed by atoms with E-state index in [-0.39, 0.29) is 0 Å². The molecule has 0 unspecified atom stereocenters. The van der Waals surface area contributed by atoms with Crippen LogP contribution in [-0.4, -0.2) is 23.0 Å². The van der Waals surface area contributed by atoms with Crippen LogP contribution in [0.1, 0.15) is 20.3 Å². The van der Waals surface area contributed by atoms with Gasteiger partial charge in [-0.2, -0.15) is 0 Å². The van der Waals surface area contributed by atoms with E-state index in [4.69, 9.17) is 0 Å². The molecule has 0 spiro atoms. The van der Waals surface area contributed by atoms with Crippen LogP contribution in [0.5, 0.6) is 0 Å². The molecule has 0 saturated carbocycles. The molecule has 2 nitrogen and oxygen atoms in total. The van der Waals surface area contributed by atoms with Gasteiger partial charge in [0.25, 0.3) is 0 Å². The van der Waals surface area contributed by atoms with Crippen molar-refractivity contribution in [2.75, 3.05) is 13.2 Å². The van der Waals surface area contributed by atoms with Crippen molar-refractivity contribution in [3.05, 3.63) is 12.4 Å². The zero-order valence-corrected chi connectivity index (χ0v) is 7.17. The van der Waals surface area contributed by atoms with E-state index in [2.05, 4.69) is 30.0 Å². The van der Waals surface area contributed by atoms with Crippen molar-refractivity contribution in [3.63, 3.8) is 0 Å². The van der Waals surface area contributed by atoms with Gasteiger partial charge in [-0.25, -0.2) is 0 Å². The van der Waals surface area contributed by atoms with Crippen LogP contribution in [0.4, 0.5) is 0 Å². The molecule has 0 aromatic carbocycles. The summed E-state index contributed by atoms with van der Waals surface area (Å²) in [6.45, 7) is 6.09. The Morgan fingerprint density at radius 3 is 2.91 bits per heavy atom. The second kappa shape index (κ2) is 3.92. The highest BCUT2D eigenvalue weighted by molar-refractivity contribution is 5.04. The molecule has 0 bridgehead atoms. The average molecular weight is 150 g/mol. The van der Waals surface area contributed by atoms with Crippen molar-refractivity contribution < 1.29 is 0 Å². The van der Waals surface area contributed by atoms with Crippen LogP contribution in [0.25, 0.3) is 0 Å². The summed E-state index contributed by atoms with van der Waals surface area (Å²) in [6, 6.07) is 2.99. The number of hydrogen-bond acceptors (Lipinski definition) is 2. The predicted octanol–water partition coefficient (Wildman–Crippen LogP) is 1.42. The van der Waals surface area contributed by atoms with Crippen molar-refractivity contribution in [1.82, 2.24) is 9.80 Å². The minimum absolute atomic E-state index is 0.925. The summed E-state index contributed by atoms with van der Waals surface area (Å²) >= 11 is 0. The molecule has 0 amide bonds. The van der Waals surface area contributed by atoms with Crippen LogP contribution < -0.4 is 0 Å². The Balaban J connectivity index is 2.34.